The maximum Gasteiger partial charge on any atom is 0.327 e. The Labute approximate surface area is 106 Å². The standard InChI is InChI=1S/C11H20N2O3S/c1-17-7-9(10(14)15)13-11(16)12-8-5-3-2-4-6-8/h8-9H,2-7H2,1H3,(H,14,15)(H2,12,13,16). The van der Waals surface area contributed by atoms with Gasteiger partial charge in [0.25, 0.3) is 0 Å². The quantitative estimate of drug-likeness (QED) is 0.699. The molecule has 1 rings (SSSR count). The number of carbonyl (C=O) groups excluding carboxylic acids is 1. The molecule has 3 N–H and O–H groups in total. The molecule has 0 spiro atoms. The Balaban J connectivity index is 2.33. The first-order valence-electron chi connectivity index (χ1n) is 5.92. The summed E-state index contributed by atoms with van der Waals surface area (Å²) in [5.41, 5.74) is 0. The molecule has 0 aromatic rings. The van der Waals surface area contributed by atoms with Gasteiger partial charge in [-0.1, -0.05) is 19.3 Å². The van der Waals surface area contributed by atoms with Crippen LogP contribution in [-0.4, -0.2) is 41.2 Å². The number of amides is 2. The zero-order chi connectivity index (χ0) is 12.7. The lowest BCUT2D eigenvalue weighted by molar-refractivity contribution is -0.138. The van der Waals surface area contributed by atoms with Gasteiger partial charge < -0.3 is 15.7 Å². The number of carboxylic acids is 1. The highest BCUT2D eigenvalue weighted by Gasteiger charge is 2.21. The highest BCUT2D eigenvalue weighted by Crippen LogP contribution is 2.17. The summed E-state index contributed by atoms with van der Waals surface area (Å²) in [6.07, 6.45) is 7.30. The van der Waals surface area contributed by atoms with Crippen LogP contribution in [0, 0.1) is 0 Å². The van der Waals surface area contributed by atoms with E-state index >= 15 is 0 Å². The summed E-state index contributed by atoms with van der Waals surface area (Å²) in [7, 11) is 0. The summed E-state index contributed by atoms with van der Waals surface area (Å²) < 4.78 is 0. The van der Waals surface area contributed by atoms with Crippen LogP contribution in [0.5, 0.6) is 0 Å². The predicted molar refractivity (Wildman–Crippen MR) is 68.3 cm³/mol. The van der Waals surface area contributed by atoms with Crippen LogP contribution < -0.4 is 10.6 Å². The molecule has 0 aromatic heterocycles. The molecule has 0 aromatic carbocycles. The fourth-order valence-electron chi connectivity index (χ4n) is 1.97. The van der Waals surface area contributed by atoms with Crippen LogP contribution in [0.25, 0.3) is 0 Å². The first kappa shape index (κ1) is 14.2. The molecule has 2 amide bonds. The van der Waals surface area contributed by atoms with Gasteiger partial charge in [0.1, 0.15) is 6.04 Å². The van der Waals surface area contributed by atoms with E-state index in [1.807, 2.05) is 6.26 Å². The summed E-state index contributed by atoms with van der Waals surface area (Å²) in [4.78, 5) is 22.5. The second-order valence-corrected chi connectivity index (χ2v) is 5.21. The topological polar surface area (TPSA) is 78.4 Å². The van der Waals surface area contributed by atoms with Crippen LogP contribution in [0.3, 0.4) is 0 Å². The second kappa shape index (κ2) is 7.42. The Hall–Kier alpha value is -0.910. The lowest BCUT2D eigenvalue weighted by Crippen LogP contribution is -2.50. The largest absolute Gasteiger partial charge is 0.480 e. The second-order valence-electron chi connectivity index (χ2n) is 4.30. The van der Waals surface area contributed by atoms with E-state index < -0.39 is 12.0 Å². The first-order valence-corrected chi connectivity index (χ1v) is 7.31. The van der Waals surface area contributed by atoms with Crippen molar-refractivity contribution in [2.45, 2.75) is 44.2 Å². The number of nitrogens with one attached hydrogen (secondary N) is 2. The van der Waals surface area contributed by atoms with Gasteiger partial charge in [0, 0.05) is 11.8 Å². The maximum atomic E-state index is 11.6. The third-order valence-corrected chi connectivity index (χ3v) is 3.54. The summed E-state index contributed by atoms with van der Waals surface area (Å²) in [6, 6.07) is -0.973. The van der Waals surface area contributed by atoms with Crippen LogP contribution in [0.15, 0.2) is 0 Å². The number of rotatable bonds is 5. The third-order valence-electron chi connectivity index (χ3n) is 2.88. The summed E-state index contributed by atoms with van der Waals surface area (Å²) in [6.45, 7) is 0. The van der Waals surface area contributed by atoms with Gasteiger partial charge >= 0.3 is 12.0 Å². The van der Waals surface area contributed by atoms with Crippen LogP contribution >= 0.6 is 11.8 Å². The van der Waals surface area contributed by atoms with Crippen molar-refractivity contribution in [3.8, 4) is 0 Å². The molecule has 1 aliphatic rings. The summed E-state index contributed by atoms with van der Waals surface area (Å²) in [5.74, 6) is -0.605. The number of hydrogen-bond acceptors (Lipinski definition) is 3. The Morgan fingerprint density at radius 1 is 1.35 bits per heavy atom. The van der Waals surface area contributed by atoms with E-state index in [2.05, 4.69) is 10.6 Å². The number of urea groups is 1. The van der Waals surface area contributed by atoms with Crippen molar-refractivity contribution < 1.29 is 14.7 Å². The first-order chi connectivity index (χ1) is 8.13. The van der Waals surface area contributed by atoms with Gasteiger partial charge in [-0.2, -0.15) is 11.8 Å². The molecule has 1 atom stereocenters. The van der Waals surface area contributed by atoms with Crippen LogP contribution in [-0.2, 0) is 4.79 Å². The van der Waals surface area contributed by atoms with Crippen molar-refractivity contribution in [3.05, 3.63) is 0 Å². The normalized spacial score (nSPS) is 18.4. The summed E-state index contributed by atoms with van der Waals surface area (Å²) >= 11 is 1.40. The minimum atomic E-state index is -0.988. The zero-order valence-electron chi connectivity index (χ0n) is 10.1. The highest BCUT2D eigenvalue weighted by molar-refractivity contribution is 7.98. The van der Waals surface area contributed by atoms with Gasteiger partial charge in [-0.05, 0) is 19.1 Å². The maximum absolute atomic E-state index is 11.6. The van der Waals surface area contributed by atoms with E-state index in [9.17, 15) is 9.59 Å². The number of carboxylic acid groups (broad SMARTS) is 1. The molecule has 1 saturated carbocycles. The van der Waals surface area contributed by atoms with Crippen molar-refractivity contribution in [2.75, 3.05) is 12.0 Å². The van der Waals surface area contributed by atoms with Gasteiger partial charge in [-0.3, -0.25) is 0 Å². The van der Waals surface area contributed by atoms with Crippen molar-refractivity contribution in [1.29, 1.82) is 0 Å². The minimum absolute atomic E-state index is 0.201. The fraction of sp³-hybridized carbons (Fsp3) is 0.818. The van der Waals surface area contributed by atoms with Gasteiger partial charge in [-0.25, -0.2) is 9.59 Å². The number of carbonyl (C=O) groups is 2. The molecular weight excluding hydrogens is 240 g/mol. The molecule has 5 nitrogen and oxygen atoms in total. The van der Waals surface area contributed by atoms with E-state index in [0.29, 0.717) is 5.75 Å². The van der Waals surface area contributed by atoms with Crippen LogP contribution in [0.2, 0.25) is 0 Å². The molecule has 17 heavy (non-hydrogen) atoms. The summed E-state index contributed by atoms with van der Waals surface area (Å²) in [5, 5.41) is 14.2. The van der Waals surface area contributed by atoms with Gasteiger partial charge in [0.05, 0.1) is 0 Å². The molecule has 0 radical (unpaired) electrons. The predicted octanol–water partition coefficient (Wildman–Crippen LogP) is 1.43. The van der Waals surface area contributed by atoms with E-state index in [4.69, 9.17) is 5.11 Å². The molecule has 98 valence electrons. The molecular formula is C11H20N2O3S. The van der Waals surface area contributed by atoms with E-state index in [1.54, 1.807) is 0 Å². The average molecular weight is 260 g/mol. The molecule has 0 bridgehead atoms. The molecule has 0 heterocycles. The minimum Gasteiger partial charge on any atom is -0.480 e. The fourth-order valence-corrected chi connectivity index (χ4v) is 2.53. The Bertz CT molecular complexity index is 267. The Morgan fingerprint density at radius 3 is 2.53 bits per heavy atom. The van der Waals surface area contributed by atoms with Crippen molar-refractivity contribution in [3.63, 3.8) is 0 Å². The smallest absolute Gasteiger partial charge is 0.327 e. The third kappa shape index (κ3) is 5.30. The molecule has 0 aliphatic heterocycles. The van der Waals surface area contributed by atoms with Crippen LogP contribution in [0.4, 0.5) is 4.79 Å². The number of hydrogen-bond donors (Lipinski definition) is 3. The average Bonchev–Trinajstić information content (AvgIpc) is 2.29. The van der Waals surface area contributed by atoms with Gasteiger partial charge in [-0.15, -0.1) is 0 Å². The molecule has 6 heteroatoms. The lowest BCUT2D eigenvalue weighted by Gasteiger charge is -2.24. The van der Waals surface area contributed by atoms with Gasteiger partial charge in [0.15, 0.2) is 0 Å². The van der Waals surface area contributed by atoms with Gasteiger partial charge in [0.2, 0.25) is 0 Å². The zero-order valence-corrected chi connectivity index (χ0v) is 10.9. The SMILES string of the molecule is CSCC(NC(=O)NC1CCCCC1)C(=O)O. The lowest BCUT2D eigenvalue weighted by atomic mass is 9.96. The van der Waals surface area contributed by atoms with Crippen LogP contribution in [0.1, 0.15) is 32.1 Å². The van der Waals surface area contributed by atoms with Crippen molar-refractivity contribution in [2.24, 2.45) is 0 Å². The Kier molecular flexibility index (Phi) is 6.18. The molecule has 1 aliphatic carbocycles. The van der Waals surface area contributed by atoms with Crippen molar-refractivity contribution >= 4 is 23.8 Å². The molecule has 1 fully saturated rings. The number of aliphatic carboxylic acids is 1. The molecule has 0 saturated heterocycles. The molecule has 1 unspecified atom stereocenters. The number of thioether (sulfide) groups is 1. The van der Waals surface area contributed by atoms with E-state index in [1.165, 1.54) is 18.2 Å². The highest BCUT2D eigenvalue weighted by atomic mass is 32.2. The van der Waals surface area contributed by atoms with Crippen molar-refractivity contribution in [1.82, 2.24) is 10.6 Å². The monoisotopic (exact) mass is 260 g/mol. The van der Waals surface area contributed by atoms with E-state index in [-0.39, 0.29) is 12.1 Å². The Morgan fingerprint density at radius 2 is 2.00 bits per heavy atom. The van der Waals surface area contributed by atoms with E-state index in [0.717, 1.165) is 25.7 Å².